The molecule has 0 saturated carbocycles. The topological polar surface area (TPSA) is 94.5 Å². The van der Waals surface area contributed by atoms with Gasteiger partial charge in [-0.15, -0.1) is 6.58 Å². The molecule has 32 heavy (non-hydrogen) atoms. The predicted molar refractivity (Wildman–Crippen MR) is 117 cm³/mol. The first-order chi connectivity index (χ1) is 15.4. The first-order valence-electron chi connectivity index (χ1n) is 10.5. The van der Waals surface area contributed by atoms with E-state index in [0.717, 1.165) is 11.1 Å². The van der Waals surface area contributed by atoms with E-state index in [1.807, 2.05) is 60.7 Å². The molecule has 172 valence electrons. The summed E-state index contributed by atoms with van der Waals surface area (Å²) in [4.78, 5) is 11.7. The fourth-order valence-electron chi connectivity index (χ4n) is 3.86. The quantitative estimate of drug-likeness (QED) is 0.432. The van der Waals surface area contributed by atoms with Crippen molar-refractivity contribution in [3.8, 4) is 0 Å². The molecule has 0 radical (unpaired) electrons. The van der Waals surface area contributed by atoms with Crippen molar-refractivity contribution in [1.29, 1.82) is 0 Å². The van der Waals surface area contributed by atoms with Gasteiger partial charge in [-0.2, -0.15) is 0 Å². The Morgan fingerprint density at radius 3 is 2.22 bits per heavy atom. The second-order valence-corrected chi connectivity index (χ2v) is 7.80. The molecule has 5 atom stereocenters. The van der Waals surface area contributed by atoms with Crippen LogP contribution < -0.4 is 0 Å². The smallest absolute Gasteiger partial charge is 0.303 e. The van der Waals surface area contributed by atoms with Crippen molar-refractivity contribution in [2.45, 2.75) is 56.8 Å². The minimum absolute atomic E-state index is 0.0139. The summed E-state index contributed by atoms with van der Waals surface area (Å²) in [6.45, 7) is 5.48. The molecule has 0 unspecified atom stereocenters. The number of carbonyl (C=O) groups is 1. The van der Waals surface area contributed by atoms with E-state index in [4.69, 9.17) is 18.9 Å². The van der Waals surface area contributed by atoms with Gasteiger partial charge in [-0.1, -0.05) is 66.7 Å². The molecule has 1 aliphatic rings. The lowest BCUT2D eigenvalue weighted by atomic mass is 9.81. The molecule has 1 aliphatic heterocycles. The monoisotopic (exact) mass is 442 g/mol. The molecule has 2 N–H and O–H groups in total. The molecule has 7 heteroatoms. The maximum absolute atomic E-state index is 11.7. The SMILES string of the molecule is C=CC[C@]1(O)[C@H](OCc2ccccc2)[C@@H](COCc2ccccc2)O[C@@H](O)[C@@H]1OC(C)=O. The Morgan fingerprint density at radius 1 is 1.06 bits per heavy atom. The van der Waals surface area contributed by atoms with Crippen LogP contribution >= 0.6 is 0 Å². The van der Waals surface area contributed by atoms with Gasteiger partial charge in [-0.25, -0.2) is 0 Å². The molecule has 0 bridgehead atoms. The van der Waals surface area contributed by atoms with Crippen molar-refractivity contribution in [2.24, 2.45) is 0 Å². The highest BCUT2D eigenvalue weighted by Crippen LogP contribution is 2.37. The van der Waals surface area contributed by atoms with Crippen LogP contribution in [0.5, 0.6) is 0 Å². The van der Waals surface area contributed by atoms with Gasteiger partial charge >= 0.3 is 5.97 Å². The van der Waals surface area contributed by atoms with E-state index in [1.165, 1.54) is 13.0 Å². The van der Waals surface area contributed by atoms with Crippen LogP contribution in [0, 0.1) is 0 Å². The van der Waals surface area contributed by atoms with Gasteiger partial charge in [0.05, 0.1) is 19.8 Å². The lowest BCUT2D eigenvalue weighted by molar-refractivity contribution is -0.333. The summed E-state index contributed by atoms with van der Waals surface area (Å²) in [5, 5.41) is 22.2. The second-order valence-electron chi connectivity index (χ2n) is 7.80. The maximum atomic E-state index is 11.7. The number of aliphatic hydroxyl groups excluding tert-OH is 1. The molecule has 0 amide bonds. The van der Waals surface area contributed by atoms with E-state index in [-0.39, 0.29) is 19.6 Å². The van der Waals surface area contributed by atoms with Gasteiger partial charge in [0.2, 0.25) is 0 Å². The highest BCUT2D eigenvalue weighted by atomic mass is 16.7. The van der Waals surface area contributed by atoms with Crippen LogP contribution in [0.25, 0.3) is 0 Å². The summed E-state index contributed by atoms with van der Waals surface area (Å²) in [7, 11) is 0. The van der Waals surface area contributed by atoms with Crippen molar-refractivity contribution in [3.63, 3.8) is 0 Å². The van der Waals surface area contributed by atoms with E-state index in [2.05, 4.69) is 6.58 Å². The summed E-state index contributed by atoms with van der Waals surface area (Å²) in [5.41, 5.74) is 0.109. The number of esters is 1. The summed E-state index contributed by atoms with van der Waals surface area (Å²) < 4.78 is 22.9. The standard InChI is InChI=1S/C25H30O7/c1-3-14-25(28)22(30-16-20-12-8-5-9-13-20)21(32-24(27)23(25)31-18(2)26)17-29-15-19-10-6-4-7-11-19/h3-13,21-24,27-28H,1,14-17H2,2H3/t21-,22-,23+,24-,25+/m1/s1. The number of hydrogen-bond acceptors (Lipinski definition) is 7. The molecule has 2 aromatic carbocycles. The third kappa shape index (κ3) is 6.03. The van der Waals surface area contributed by atoms with Crippen molar-refractivity contribution in [2.75, 3.05) is 6.61 Å². The molecule has 7 nitrogen and oxygen atoms in total. The highest BCUT2D eigenvalue weighted by Gasteiger charge is 2.57. The van der Waals surface area contributed by atoms with Crippen LogP contribution in [0.2, 0.25) is 0 Å². The average Bonchev–Trinajstić information content (AvgIpc) is 2.78. The minimum atomic E-state index is -1.76. The fraction of sp³-hybridized carbons (Fsp3) is 0.400. The van der Waals surface area contributed by atoms with Crippen LogP contribution in [-0.2, 0) is 37.0 Å². The van der Waals surface area contributed by atoms with Gasteiger partial charge in [-0.3, -0.25) is 4.79 Å². The molecule has 1 heterocycles. The number of ether oxygens (including phenoxy) is 4. The normalized spacial score (nSPS) is 27.6. The third-order valence-electron chi connectivity index (χ3n) is 5.33. The van der Waals surface area contributed by atoms with E-state index in [1.54, 1.807) is 0 Å². The number of carbonyl (C=O) groups excluding carboxylic acids is 1. The molecular weight excluding hydrogens is 412 g/mol. The molecule has 1 fully saturated rings. The second kappa shape index (κ2) is 11.4. The van der Waals surface area contributed by atoms with Crippen molar-refractivity contribution >= 4 is 5.97 Å². The van der Waals surface area contributed by atoms with Gasteiger partial charge in [-0.05, 0) is 11.1 Å². The fourth-order valence-corrected chi connectivity index (χ4v) is 3.86. The van der Waals surface area contributed by atoms with E-state index < -0.39 is 36.2 Å². The van der Waals surface area contributed by atoms with Crippen molar-refractivity contribution in [1.82, 2.24) is 0 Å². The number of aliphatic hydroxyl groups is 2. The minimum Gasteiger partial charge on any atom is -0.454 e. The highest BCUT2D eigenvalue weighted by molar-refractivity contribution is 5.66. The lowest BCUT2D eigenvalue weighted by Crippen LogP contribution is -2.68. The maximum Gasteiger partial charge on any atom is 0.303 e. The van der Waals surface area contributed by atoms with Crippen molar-refractivity contribution in [3.05, 3.63) is 84.4 Å². The Labute approximate surface area is 188 Å². The Kier molecular flexibility index (Phi) is 8.55. The zero-order valence-corrected chi connectivity index (χ0v) is 18.1. The van der Waals surface area contributed by atoms with Gasteiger partial charge < -0.3 is 29.2 Å². The van der Waals surface area contributed by atoms with Crippen LogP contribution in [0.4, 0.5) is 0 Å². The number of hydrogen-bond donors (Lipinski definition) is 2. The van der Waals surface area contributed by atoms with Crippen LogP contribution in [0.1, 0.15) is 24.5 Å². The zero-order valence-electron chi connectivity index (χ0n) is 18.1. The molecule has 0 aromatic heterocycles. The predicted octanol–water partition coefficient (Wildman–Crippen LogP) is 2.74. The number of benzene rings is 2. The van der Waals surface area contributed by atoms with Gasteiger partial charge in [0.1, 0.15) is 17.8 Å². The molecular formula is C25H30O7. The van der Waals surface area contributed by atoms with E-state index in [9.17, 15) is 15.0 Å². The summed E-state index contributed by atoms with van der Waals surface area (Å²) in [5.74, 6) is -0.652. The zero-order chi connectivity index (χ0) is 23.0. The molecule has 1 saturated heterocycles. The molecule has 2 aromatic rings. The van der Waals surface area contributed by atoms with Gasteiger partial charge in [0.15, 0.2) is 12.4 Å². The first kappa shape index (κ1) is 24.1. The van der Waals surface area contributed by atoms with Gasteiger partial charge in [0, 0.05) is 13.3 Å². The average molecular weight is 443 g/mol. The lowest BCUT2D eigenvalue weighted by Gasteiger charge is -2.49. The largest absolute Gasteiger partial charge is 0.454 e. The Bertz CT molecular complexity index is 857. The summed E-state index contributed by atoms with van der Waals surface area (Å²) in [6.07, 6.45) is -3.15. The molecule has 0 spiro atoms. The molecule has 0 aliphatic carbocycles. The van der Waals surface area contributed by atoms with Crippen LogP contribution in [0.15, 0.2) is 73.3 Å². The van der Waals surface area contributed by atoms with Gasteiger partial charge in [0.25, 0.3) is 0 Å². The van der Waals surface area contributed by atoms with Crippen LogP contribution in [-0.4, -0.2) is 53.0 Å². The van der Waals surface area contributed by atoms with E-state index >= 15 is 0 Å². The van der Waals surface area contributed by atoms with Crippen molar-refractivity contribution < 1.29 is 34.0 Å². The Balaban J connectivity index is 1.81. The Morgan fingerprint density at radius 2 is 1.66 bits per heavy atom. The third-order valence-corrected chi connectivity index (χ3v) is 5.33. The van der Waals surface area contributed by atoms with Crippen LogP contribution in [0.3, 0.4) is 0 Å². The molecule has 3 rings (SSSR count). The Hall–Kier alpha value is -2.55. The summed E-state index contributed by atoms with van der Waals surface area (Å²) >= 11 is 0. The summed E-state index contributed by atoms with van der Waals surface area (Å²) in [6, 6.07) is 19.1. The number of rotatable bonds is 10. The first-order valence-corrected chi connectivity index (χ1v) is 10.5. The van der Waals surface area contributed by atoms with E-state index in [0.29, 0.717) is 6.61 Å².